The molecule has 1 aliphatic heterocycles. The Morgan fingerprint density at radius 3 is 2.59 bits per heavy atom. The molecule has 0 spiro atoms. The van der Waals surface area contributed by atoms with E-state index in [0.717, 1.165) is 54.7 Å². The monoisotopic (exact) mass is 435 g/mol. The minimum absolute atomic E-state index is 0.543. The number of aliphatic imine (C=N–C) groups is 1. The maximum atomic E-state index is 6.08. The number of rotatable bonds is 5. The third-order valence-electron chi connectivity index (χ3n) is 5.92. The molecule has 0 aromatic carbocycles. The fourth-order valence-corrected chi connectivity index (χ4v) is 5.13. The summed E-state index contributed by atoms with van der Waals surface area (Å²) in [6.45, 7) is 7.53. The van der Waals surface area contributed by atoms with Gasteiger partial charge < -0.3 is 14.8 Å². The Balaban J connectivity index is 1.39. The Bertz CT molecular complexity index is 832. The van der Waals surface area contributed by atoms with Gasteiger partial charge in [-0.15, -0.1) is 21.5 Å². The van der Waals surface area contributed by atoms with Gasteiger partial charge >= 0.3 is 0 Å². The first-order valence-electron chi connectivity index (χ1n) is 10.5. The van der Waals surface area contributed by atoms with E-state index in [4.69, 9.17) is 16.6 Å². The lowest BCUT2D eigenvalue weighted by Gasteiger charge is -2.37. The van der Waals surface area contributed by atoms with Crippen LogP contribution < -0.4 is 5.32 Å². The highest BCUT2D eigenvalue weighted by Crippen LogP contribution is 2.23. The molecule has 0 amide bonds. The van der Waals surface area contributed by atoms with Gasteiger partial charge in [0.1, 0.15) is 12.4 Å². The van der Waals surface area contributed by atoms with Crippen LogP contribution in [-0.2, 0) is 20.1 Å². The standard InChI is InChI=1S/C20H30ClN7S/c1-15-24-25-19(26(15)2)13-22-20(23-16-5-3-4-6-16)28-11-9-27(10-12-28)14-17-7-8-18(21)29-17/h7-8,16H,3-6,9-14H2,1-2H3,(H,22,23). The van der Waals surface area contributed by atoms with Crippen LogP contribution in [0.2, 0.25) is 4.34 Å². The van der Waals surface area contributed by atoms with Crippen molar-refractivity contribution in [2.45, 2.75) is 51.7 Å². The summed E-state index contributed by atoms with van der Waals surface area (Å²) in [4.78, 5) is 11.2. The molecule has 0 unspecified atom stereocenters. The van der Waals surface area contributed by atoms with Crippen molar-refractivity contribution in [3.8, 4) is 0 Å². The maximum absolute atomic E-state index is 6.08. The molecule has 2 aromatic rings. The summed E-state index contributed by atoms with van der Waals surface area (Å²) in [7, 11) is 2.00. The molecule has 2 aromatic heterocycles. The van der Waals surface area contributed by atoms with Crippen molar-refractivity contribution in [1.29, 1.82) is 0 Å². The molecule has 2 aliphatic rings. The van der Waals surface area contributed by atoms with Crippen molar-refractivity contribution >= 4 is 28.9 Å². The SMILES string of the molecule is Cc1nnc(CN=C(NC2CCCC2)N2CCN(Cc3ccc(Cl)s3)CC2)n1C. The summed E-state index contributed by atoms with van der Waals surface area (Å²) < 4.78 is 2.88. The van der Waals surface area contributed by atoms with Crippen molar-refractivity contribution in [2.75, 3.05) is 26.2 Å². The van der Waals surface area contributed by atoms with Crippen LogP contribution >= 0.6 is 22.9 Å². The first-order chi connectivity index (χ1) is 14.1. The van der Waals surface area contributed by atoms with Crippen molar-refractivity contribution in [2.24, 2.45) is 12.0 Å². The number of hydrogen-bond acceptors (Lipinski definition) is 5. The zero-order chi connectivity index (χ0) is 20.2. The van der Waals surface area contributed by atoms with Gasteiger partial charge in [-0.1, -0.05) is 24.4 Å². The first-order valence-corrected chi connectivity index (χ1v) is 11.7. The highest BCUT2D eigenvalue weighted by atomic mass is 35.5. The van der Waals surface area contributed by atoms with Gasteiger partial charge in [0.25, 0.3) is 0 Å². The molecule has 0 radical (unpaired) electrons. The second-order valence-corrected chi connectivity index (χ2v) is 9.76. The van der Waals surface area contributed by atoms with Gasteiger partial charge in [-0.05, 0) is 31.9 Å². The van der Waals surface area contributed by atoms with Gasteiger partial charge in [0, 0.05) is 50.7 Å². The van der Waals surface area contributed by atoms with Crippen LogP contribution in [0.3, 0.4) is 0 Å². The minimum Gasteiger partial charge on any atom is -0.353 e. The number of hydrogen-bond donors (Lipinski definition) is 1. The molecule has 7 nitrogen and oxygen atoms in total. The third-order valence-corrected chi connectivity index (χ3v) is 7.14. The Kier molecular flexibility index (Phi) is 6.72. The second kappa shape index (κ2) is 9.45. The van der Waals surface area contributed by atoms with Gasteiger partial charge in [-0.3, -0.25) is 4.90 Å². The normalized spacial score (nSPS) is 19.3. The topological polar surface area (TPSA) is 61.6 Å². The largest absolute Gasteiger partial charge is 0.353 e. The van der Waals surface area contributed by atoms with E-state index in [0.29, 0.717) is 12.6 Å². The van der Waals surface area contributed by atoms with Crippen LogP contribution in [0.15, 0.2) is 17.1 Å². The fourth-order valence-electron chi connectivity index (χ4n) is 4.00. The van der Waals surface area contributed by atoms with E-state index in [1.807, 2.05) is 24.6 Å². The number of nitrogens with one attached hydrogen (secondary N) is 1. The van der Waals surface area contributed by atoms with Crippen LogP contribution in [0.4, 0.5) is 0 Å². The zero-order valence-corrected chi connectivity index (χ0v) is 18.8. The average molecular weight is 436 g/mol. The molecular formula is C20H30ClN7S. The molecule has 9 heteroatoms. The van der Waals surface area contributed by atoms with E-state index in [2.05, 4.69) is 31.4 Å². The van der Waals surface area contributed by atoms with Crippen molar-refractivity contribution in [1.82, 2.24) is 29.9 Å². The Hall–Kier alpha value is -1.64. The van der Waals surface area contributed by atoms with Gasteiger partial charge in [-0.2, -0.15) is 0 Å². The Morgan fingerprint density at radius 1 is 1.21 bits per heavy atom. The molecule has 158 valence electrons. The minimum atomic E-state index is 0.543. The predicted molar refractivity (Wildman–Crippen MR) is 118 cm³/mol. The number of aryl methyl sites for hydroxylation is 1. The highest BCUT2D eigenvalue weighted by molar-refractivity contribution is 7.16. The molecule has 0 atom stereocenters. The molecule has 3 heterocycles. The number of guanidine groups is 1. The smallest absolute Gasteiger partial charge is 0.194 e. The molecule has 1 aliphatic carbocycles. The van der Waals surface area contributed by atoms with Gasteiger partial charge in [0.2, 0.25) is 0 Å². The lowest BCUT2D eigenvalue weighted by atomic mass is 10.2. The number of piperazine rings is 1. The van der Waals surface area contributed by atoms with E-state index < -0.39 is 0 Å². The van der Waals surface area contributed by atoms with Crippen LogP contribution in [0, 0.1) is 6.92 Å². The summed E-state index contributed by atoms with van der Waals surface area (Å²) >= 11 is 7.76. The third kappa shape index (κ3) is 5.29. The van der Waals surface area contributed by atoms with Crippen molar-refractivity contribution < 1.29 is 0 Å². The van der Waals surface area contributed by atoms with Gasteiger partial charge in [0.05, 0.1) is 4.34 Å². The number of nitrogens with zero attached hydrogens (tertiary/aromatic N) is 6. The Labute approximate surface area is 181 Å². The molecule has 0 bridgehead atoms. The summed E-state index contributed by atoms with van der Waals surface area (Å²) in [5.41, 5.74) is 0. The summed E-state index contributed by atoms with van der Waals surface area (Å²) in [5, 5.41) is 12.2. The van der Waals surface area contributed by atoms with Crippen LogP contribution in [0.1, 0.15) is 42.2 Å². The molecule has 2 fully saturated rings. The molecule has 1 N–H and O–H groups in total. The van der Waals surface area contributed by atoms with Crippen molar-refractivity contribution in [3.05, 3.63) is 33.0 Å². The number of thiophene rings is 1. The van der Waals surface area contributed by atoms with Crippen molar-refractivity contribution in [3.63, 3.8) is 0 Å². The molecule has 4 rings (SSSR count). The van der Waals surface area contributed by atoms with E-state index in [1.54, 1.807) is 11.3 Å². The maximum Gasteiger partial charge on any atom is 0.194 e. The van der Waals surface area contributed by atoms with E-state index in [1.165, 1.54) is 30.6 Å². The van der Waals surface area contributed by atoms with Crippen LogP contribution in [0.25, 0.3) is 0 Å². The molecular weight excluding hydrogens is 406 g/mol. The van der Waals surface area contributed by atoms with E-state index >= 15 is 0 Å². The lowest BCUT2D eigenvalue weighted by molar-refractivity contribution is 0.173. The first kappa shape index (κ1) is 20.6. The lowest BCUT2D eigenvalue weighted by Crippen LogP contribution is -2.53. The van der Waals surface area contributed by atoms with Crippen LogP contribution in [0.5, 0.6) is 0 Å². The number of aromatic nitrogens is 3. The zero-order valence-electron chi connectivity index (χ0n) is 17.3. The molecule has 1 saturated heterocycles. The van der Waals surface area contributed by atoms with E-state index in [9.17, 15) is 0 Å². The molecule has 1 saturated carbocycles. The van der Waals surface area contributed by atoms with Crippen LogP contribution in [-0.4, -0.2) is 62.7 Å². The summed E-state index contributed by atoms with van der Waals surface area (Å²) in [6, 6.07) is 4.67. The quantitative estimate of drug-likeness (QED) is 0.577. The van der Waals surface area contributed by atoms with Gasteiger partial charge in [0.15, 0.2) is 11.8 Å². The molecule has 29 heavy (non-hydrogen) atoms. The highest BCUT2D eigenvalue weighted by Gasteiger charge is 2.24. The summed E-state index contributed by atoms with van der Waals surface area (Å²) in [6.07, 6.45) is 5.09. The Morgan fingerprint density at radius 2 is 1.97 bits per heavy atom. The van der Waals surface area contributed by atoms with E-state index in [-0.39, 0.29) is 0 Å². The predicted octanol–water partition coefficient (Wildman–Crippen LogP) is 3.04. The average Bonchev–Trinajstić information content (AvgIpc) is 3.44. The number of halogens is 1. The fraction of sp³-hybridized carbons (Fsp3) is 0.650. The van der Waals surface area contributed by atoms with Gasteiger partial charge in [-0.25, -0.2) is 4.99 Å². The summed E-state index contributed by atoms with van der Waals surface area (Å²) in [5.74, 6) is 2.85. The second-order valence-electron chi connectivity index (χ2n) is 7.96.